The fourth-order valence-corrected chi connectivity index (χ4v) is 2.10. The van der Waals surface area contributed by atoms with Gasteiger partial charge in [0.15, 0.2) is 11.6 Å². The van der Waals surface area contributed by atoms with Crippen LogP contribution < -0.4 is 10.1 Å². The first-order valence-electron chi connectivity index (χ1n) is 6.91. The van der Waals surface area contributed by atoms with Gasteiger partial charge >= 0.3 is 0 Å². The van der Waals surface area contributed by atoms with E-state index < -0.39 is 0 Å². The fourth-order valence-electron chi connectivity index (χ4n) is 1.93. The topological polar surface area (TPSA) is 34.1 Å². The number of hydrogen-bond acceptors (Lipinski definition) is 3. The van der Waals surface area contributed by atoms with E-state index in [-0.39, 0.29) is 18.2 Å². The Balaban J connectivity index is 2.09. The molecule has 0 saturated carbocycles. The van der Waals surface area contributed by atoms with Gasteiger partial charge in [0, 0.05) is 30.1 Å². The molecule has 0 bridgehead atoms. The molecule has 0 radical (unpaired) electrons. The van der Waals surface area contributed by atoms with Crippen LogP contribution in [0.5, 0.6) is 5.75 Å². The first kappa shape index (κ1) is 15.7. The summed E-state index contributed by atoms with van der Waals surface area (Å²) in [6, 6.07) is 6.70. The zero-order chi connectivity index (χ0) is 15.1. The van der Waals surface area contributed by atoms with Crippen molar-refractivity contribution in [2.45, 2.75) is 26.5 Å². The molecule has 0 aliphatic heterocycles. The van der Waals surface area contributed by atoms with Gasteiger partial charge in [-0.1, -0.05) is 30.7 Å². The summed E-state index contributed by atoms with van der Waals surface area (Å²) in [5.41, 5.74) is 1.58. The van der Waals surface area contributed by atoms with Crippen molar-refractivity contribution in [3.63, 3.8) is 0 Å². The largest absolute Gasteiger partial charge is 0.485 e. The maximum Gasteiger partial charge on any atom is 0.165 e. The Morgan fingerprint density at radius 2 is 2.14 bits per heavy atom. The number of halogens is 2. The summed E-state index contributed by atoms with van der Waals surface area (Å²) in [5.74, 6) is -0.0926. The van der Waals surface area contributed by atoms with Crippen LogP contribution in [-0.4, -0.2) is 11.5 Å². The number of benzene rings is 1. The summed E-state index contributed by atoms with van der Waals surface area (Å²) in [4.78, 5) is 3.91. The van der Waals surface area contributed by atoms with E-state index in [1.165, 1.54) is 6.07 Å². The van der Waals surface area contributed by atoms with Gasteiger partial charge < -0.3 is 10.1 Å². The third-order valence-corrected chi connectivity index (χ3v) is 3.36. The zero-order valence-electron chi connectivity index (χ0n) is 11.9. The van der Waals surface area contributed by atoms with Crippen molar-refractivity contribution in [3.05, 3.63) is 58.6 Å². The van der Waals surface area contributed by atoms with Crippen LogP contribution in [0.25, 0.3) is 0 Å². The van der Waals surface area contributed by atoms with E-state index in [0.29, 0.717) is 11.6 Å². The van der Waals surface area contributed by atoms with Crippen LogP contribution in [0.15, 0.2) is 36.7 Å². The highest BCUT2D eigenvalue weighted by atomic mass is 35.5. The van der Waals surface area contributed by atoms with E-state index in [1.54, 1.807) is 24.5 Å². The van der Waals surface area contributed by atoms with E-state index in [9.17, 15) is 4.39 Å². The number of para-hydroxylation sites is 1. The minimum atomic E-state index is -0.365. The molecular weight excluding hydrogens is 291 g/mol. The molecule has 1 heterocycles. The number of rotatable bonds is 7. The molecule has 0 saturated heterocycles. The number of nitrogens with one attached hydrogen (secondary N) is 1. The molecule has 0 aliphatic carbocycles. The first-order valence-corrected chi connectivity index (χ1v) is 7.29. The Kier molecular flexibility index (Phi) is 5.96. The Morgan fingerprint density at radius 3 is 2.90 bits per heavy atom. The van der Waals surface area contributed by atoms with Crippen LogP contribution in [0.1, 0.15) is 24.5 Å². The standard InChI is InChI=1S/C16H18ClFN2O/c1-2-7-19-9-12-4-3-5-15(18)16(12)21-11-13-6-8-20-10-14(13)17/h3-6,8,10,19H,2,7,9,11H2,1H3. The summed E-state index contributed by atoms with van der Waals surface area (Å²) in [5, 5.41) is 3.76. The number of aromatic nitrogens is 1. The van der Waals surface area contributed by atoms with E-state index in [1.807, 2.05) is 6.07 Å². The molecule has 112 valence electrons. The highest BCUT2D eigenvalue weighted by Crippen LogP contribution is 2.25. The van der Waals surface area contributed by atoms with E-state index in [2.05, 4.69) is 17.2 Å². The Labute approximate surface area is 129 Å². The van der Waals surface area contributed by atoms with Crippen molar-refractivity contribution < 1.29 is 9.13 Å². The zero-order valence-corrected chi connectivity index (χ0v) is 12.7. The van der Waals surface area contributed by atoms with Crippen molar-refractivity contribution in [3.8, 4) is 5.75 Å². The van der Waals surface area contributed by atoms with E-state index in [0.717, 1.165) is 24.1 Å². The van der Waals surface area contributed by atoms with Crippen molar-refractivity contribution in [2.24, 2.45) is 0 Å². The maximum atomic E-state index is 14.0. The molecule has 0 fully saturated rings. The summed E-state index contributed by atoms with van der Waals surface area (Å²) in [6.45, 7) is 3.75. The van der Waals surface area contributed by atoms with Gasteiger partial charge in [-0.15, -0.1) is 0 Å². The van der Waals surface area contributed by atoms with Crippen LogP contribution in [0.3, 0.4) is 0 Å². The molecule has 21 heavy (non-hydrogen) atoms. The summed E-state index contributed by atoms with van der Waals surface area (Å²) in [7, 11) is 0. The number of ether oxygens (including phenoxy) is 1. The maximum absolute atomic E-state index is 14.0. The van der Waals surface area contributed by atoms with Crippen molar-refractivity contribution >= 4 is 11.6 Å². The Hall–Kier alpha value is -1.65. The van der Waals surface area contributed by atoms with Crippen LogP contribution in [-0.2, 0) is 13.2 Å². The average Bonchev–Trinajstić information content (AvgIpc) is 2.48. The first-order chi connectivity index (χ1) is 10.2. The molecule has 1 N–H and O–H groups in total. The van der Waals surface area contributed by atoms with E-state index in [4.69, 9.17) is 16.3 Å². The quantitative estimate of drug-likeness (QED) is 0.786. The van der Waals surface area contributed by atoms with Gasteiger partial charge in [-0.05, 0) is 25.1 Å². The smallest absolute Gasteiger partial charge is 0.165 e. The molecule has 2 aromatic rings. The van der Waals surface area contributed by atoms with Crippen LogP contribution in [0.2, 0.25) is 5.02 Å². The Bertz CT molecular complexity index is 592. The highest BCUT2D eigenvalue weighted by Gasteiger charge is 2.10. The molecule has 0 amide bonds. The normalized spacial score (nSPS) is 10.6. The van der Waals surface area contributed by atoms with Gasteiger partial charge in [-0.25, -0.2) is 4.39 Å². The monoisotopic (exact) mass is 308 g/mol. The van der Waals surface area contributed by atoms with Crippen LogP contribution >= 0.6 is 11.6 Å². The predicted octanol–water partition coefficient (Wildman–Crippen LogP) is 3.95. The van der Waals surface area contributed by atoms with Gasteiger partial charge in [0.1, 0.15) is 6.61 Å². The molecule has 3 nitrogen and oxygen atoms in total. The molecule has 0 unspecified atom stereocenters. The predicted molar refractivity (Wildman–Crippen MR) is 82.0 cm³/mol. The van der Waals surface area contributed by atoms with Crippen LogP contribution in [0, 0.1) is 5.82 Å². The fraction of sp³-hybridized carbons (Fsp3) is 0.312. The Morgan fingerprint density at radius 1 is 1.29 bits per heavy atom. The van der Waals surface area contributed by atoms with Crippen LogP contribution in [0.4, 0.5) is 4.39 Å². The summed E-state index contributed by atoms with van der Waals surface area (Å²) >= 11 is 6.02. The second-order valence-electron chi connectivity index (χ2n) is 4.66. The lowest BCUT2D eigenvalue weighted by molar-refractivity contribution is 0.286. The third kappa shape index (κ3) is 4.41. The lowest BCUT2D eigenvalue weighted by Crippen LogP contribution is -2.15. The lowest BCUT2D eigenvalue weighted by atomic mass is 10.2. The number of pyridine rings is 1. The minimum Gasteiger partial charge on any atom is -0.485 e. The molecule has 0 spiro atoms. The summed E-state index contributed by atoms with van der Waals surface area (Å²) < 4.78 is 19.6. The molecule has 0 atom stereocenters. The average molecular weight is 309 g/mol. The molecule has 1 aromatic heterocycles. The van der Waals surface area contributed by atoms with Gasteiger partial charge in [0.05, 0.1) is 5.02 Å². The summed E-state index contributed by atoms with van der Waals surface area (Å²) in [6.07, 6.45) is 4.21. The van der Waals surface area contributed by atoms with Gasteiger partial charge in [-0.3, -0.25) is 4.98 Å². The molecule has 2 rings (SSSR count). The molecule has 1 aromatic carbocycles. The highest BCUT2D eigenvalue weighted by molar-refractivity contribution is 6.31. The van der Waals surface area contributed by atoms with Crippen molar-refractivity contribution in [1.82, 2.24) is 10.3 Å². The molecular formula is C16H18ClFN2O. The van der Waals surface area contributed by atoms with E-state index >= 15 is 0 Å². The molecule has 5 heteroatoms. The number of hydrogen-bond donors (Lipinski definition) is 1. The minimum absolute atomic E-state index is 0.211. The second-order valence-corrected chi connectivity index (χ2v) is 5.07. The van der Waals surface area contributed by atoms with Gasteiger partial charge in [0.25, 0.3) is 0 Å². The number of nitrogens with zero attached hydrogens (tertiary/aromatic N) is 1. The van der Waals surface area contributed by atoms with Gasteiger partial charge in [0.2, 0.25) is 0 Å². The van der Waals surface area contributed by atoms with Crippen molar-refractivity contribution in [1.29, 1.82) is 0 Å². The van der Waals surface area contributed by atoms with Gasteiger partial charge in [-0.2, -0.15) is 0 Å². The lowest BCUT2D eigenvalue weighted by Gasteiger charge is -2.13. The van der Waals surface area contributed by atoms with Crippen molar-refractivity contribution in [2.75, 3.05) is 6.54 Å². The molecule has 0 aliphatic rings. The third-order valence-electron chi connectivity index (χ3n) is 3.02. The SMILES string of the molecule is CCCNCc1cccc(F)c1OCc1ccncc1Cl. The second kappa shape index (κ2) is 7.96.